The van der Waals surface area contributed by atoms with Crippen LogP contribution in [0.5, 0.6) is 0 Å². The number of imide groups is 1. The highest BCUT2D eigenvalue weighted by atomic mass is 16.2. The second-order valence-corrected chi connectivity index (χ2v) is 7.66. The lowest BCUT2D eigenvalue weighted by Crippen LogP contribution is -2.44. The number of hydrogen-bond donors (Lipinski definition) is 3. The Morgan fingerprint density at radius 2 is 1.68 bits per heavy atom. The molecule has 0 aromatic heterocycles. The van der Waals surface area contributed by atoms with Gasteiger partial charge in [0.15, 0.2) is 0 Å². The van der Waals surface area contributed by atoms with Gasteiger partial charge in [0.25, 0.3) is 17.7 Å². The van der Waals surface area contributed by atoms with Crippen LogP contribution in [0.3, 0.4) is 0 Å². The van der Waals surface area contributed by atoms with Crippen LogP contribution in [-0.4, -0.2) is 62.9 Å². The van der Waals surface area contributed by atoms with Gasteiger partial charge in [-0.1, -0.05) is 0 Å². The third kappa shape index (κ3) is 4.29. The van der Waals surface area contributed by atoms with Gasteiger partial charge >= 0.3 is 0 Å². The summed E-state index contributed by atoms with van der Waals surface area (Å²) in [6, 6.07) is 12.7. The molecular formula is C23H25N5O3. The van der Waals surface area contributed by atoms with Gasteiger partial charge in [-0.05, 0) is 49.5 Å². The van der Waals surface area contributed by atoms with Crippen LogP contribution in [0.4, 0.5) is 11.4 Å². The predicted octanol–water partition coefficient (Wildman–Crippen LogP) is 1.52. The summed E-state index contributed by atoms with van der Waals surface area (Å²) in [6.07, 6.45) is 1.57. The Kier molecular flexibility index (Phi) is 5.73. The lowest BCUT2D eigenvalue weighted by Gasteiger charge is -2.34. The van der Waals surface area contributed by atoms with E-state index in [0.29, 0.717) is 22.3 Å². The van der Waals surface area contributed by atoms with Gasteiger partial charge in [0.1, 0.15) is 0 Å². The van der Waals surface area contributed by atoms with Crippen LogP contribution in [0.2, 0.25) is 0 Å². The molecule has 2 aromatic rings. The van der Waals surface area contributed by atoms with Gasteiger partial charge in [-0.3, -0.25) is 19.7 Å². The van der Waals surface area contributed by atoms with E-state index in [-0.39, 0.29) is 5.91 Å². The number of nitrogens with one attached hydrogen (secondary N) is 3. The third-order valence-electron chi connectivity index (χ3n) is 5.63. The number of nitrogens with zero attached hydrogens (tertiary/aromatic N) is 2. The summed E-state index contributed by atoms with van der Waals surface area (Å²) < 4.78 is 0. The van der Waals surface area contributed by atoms with Gasteiger partial charge in [-0.15, -0.1) is 0 Å². The Hall–Kier alpha value is -3.65. The zero-order valence-corrected chi connectivity index (χ0v) is 17.6. The molecular weight excluding hydrogens is 394 g/mol. The van der Waals surface area contributed by atoms with Crippen LogP contribution in [-0.2, 0) is 4.79 Å². The van der Waals surface area contributed by atoms with Crippen molar-refractivity contribution in [3.63, 3.8) is 0 Å². The number of anilines is 2. The summed E-state index contributed by atoms with van der Waals surface area (Å²) in [7, 11) is 3.66. The molecule has 0 radical (unpaired) electrons. The Bertz CT molecular complexity index is 1050. The SMILES string of the molecule is CNC(=O)c1ccc2c(c1)/C(=C/Nc1ccc(N3CCN(C)CC3)cc1)C(=O)NC2=O. The molecule has 2 aliphatic rings. The lowest BCUT2D eigenvalue weighted by atomic mass is 9.93. The molecule has 2 heterocycles. The number of carbonyl (C=O) groups is 3. The van der Waals surface area contributed by atoms with E-state index >= 15 is 0 Å². The van der Waals surface area contributed by atoms with E-state index in [1.54, 1.807) is 24.4 Å². The molecule has 0 saturated carbocycles. The molecule has 3 N–H and O–H groups in total. The fraction of sp³-hybridized carbons (Fsp3) is 0.261. The molecule has 3 amide bonds. The highest BCUT2D eigenvalue weighted by Crippen LogP contribution is 2.26. The Balaban J connectivity index is 1.56. The second kappa shape index (κ2) is 8.61. The van der Waals surface area contributed by atoms with Crippen LogP contribution < -0.4 is 20.9 Å². The number of fused-ring (bicyclic) bond motifs is 1. The van der Waals surface area contributed by atoms with Gasteiger partial charge in [-0.25, -0.2) is 0 Å². The monoisotopic (exact) mass is 419 g/mol. The van der Waals surface area contributed by atoms with Crippen LogP contribution in [0, 0.1) is 0 Å². The van der Waals surface area contributed by atoms with Crippen molar-refractivity contribution in [1.82, 2.24) is 15.5 Å². The van der Waals surface area contributed by atoms with Crippen molar-refractivity contribution in [1.29, 1.82) is 0 Å². The normalized spacial score (nSPS) is 17.9. The van der Waals surface area contributed by atoms with E-state index < -0.39 is 11.8 Å². The van der Waals surface area contributed by atoms with E-state index in [9.17, 15) is 14.4 Å². The largest absolute Gasteiger partial charge is 0.369 e. The molecule has 0 aliphatic carbocycles. The number of benzene rings is 2. The summed E-state index contributed by atoms with van der Waals surface area (Å²) in [5.41, 5.74) is 3.43. The molecule has 2 aliphatic heterocycles. The molecule has 1 saturated heterocycles. The maximum Gasteiger partial charge on any atom is 0.260 e. The van der Waals surface area contributed by atoms with Crippen molar-refractivity contribution in [2.45, 2.75) is 0 Å². The third-order valence-corrected chi connectivity index (χ3v) is 5.63. The first-order valence-corrected chi connectivity index (χ1v) is 10.2. The fourth-order valence-electron chi connectivity index (χ4n) is 3.74. The molecule has 31 heavy (non-hydrogen) atoms. The number of piperazine rings is 1. The molecule has 0 unspecified atom stereocenters. The molecule has 0 bridgehead atoms. The summed E-state index contributed by atoms with van der Waals surface area (Å²) in [4.78, 5) is 41.3. The average Bonchev–Trinajstić information content (AvgIpc) is 2.79. The minimum atomic E-state index is -0.506. The molecule has 2 aromatic carbocycles. The first kappa shape index (κ1) is 20.6. The van der Waals surface area contributed by atoms with Crippen molar-refractivity contribution < 1.29 is 14.4 Å². The molecule has 0 atom stereocenters. The summed E-state index contributed by atoms with van der Waals surface area (Å²) in [5.74, 6) is -1.27. The topological polar surface area (TPSA) is 93.8 Å². The zero-order valence-electron chi connectivity index (χ0n) is 17.6. The van der Waals surface area contributed by atoms with Crippen LogP contribution >= 0.6 is 0 Å². The maximum atomic E-state index is 12.5. The highest BCUT2D eigenvalue weighted by Gasteiger charge is 2.28. The van der Waals surface area contributed by atoms with Gasteiger partial charge in [0.2, 0.25) is 0 Å². The van der Waals surface area contributed by atoms with E-state index in [0.717, 1.165) is 37.6 Å². The number of likely N-dealkylation sites (N-methyl/N-ethyl adjacent to an activating group) is 1. The molecule has 4 rings (SSSR count). The van der Waals surface area contributed by atoms with Gasteiger partial charge in [0.05, 0.1) is 5.57 Å². The van der Waals surface area contributed by atoms with Crippen molar-refractivity contribution in [3.05, 3.63) is 65.4 Å². The quantitative estimate of drug-likeness (QED) is 0.514. The molecule has 8 heteroatoms. The highest BCUT2D eigenvalue weighted by molar-refractivity contribution is 6.31. The molecule has 1 fully saturated rings. The van der Waals surface area contributed by atoms with E-state index in [4.69, 9.17) is 0 Å². The summed E-state index contributed by atoms with van der Waals surface area (Å²) in [5, 5.41) is 8.03. The summed E-state index contributed by atoms with van der Waals surface area (Å²) >= 11 is 0. The lowest BCUT2D eigenvalue weighted by molar-refractivity contribution is -0.114. The van der Waals surface area contributed by atoms with Crippen LogP contribution in [0.15, 0.2) is 48.7 Å². The minimum Gasteiger partial charge on any atom is -0.369 e. The van der Waals surface area contributed by atoms with Crippen molar-refractivity contribution in [2.24, 2.45) is 0 Å². The Morgan fingerprint density at radius 1 is 0.968 bits per heavy atom. The number of hydrogen-bond acceptors (Lipinski definition) is 6. The summed E-state index contributed by atoms with van der Waals surface area (Å²) in [6.45, 7) is 4.06. The Morgan fingerprint density at radius 3 is 2.35 bits per heavy atom. The van der Waals surface area contributed by atoms with Crippen LogP contribution in [0.25, 0.3) is 5.57 Å². The Labute approximate surface area is 180 Å². The van der Waals surface area contributed by atoms with Gasteiger partial charge in [0, 0.05) is 67.5 Å². The molecule has 160 valence electrons. The van der Waals surface area contributed by atoms with Crippen molar-refractivity contribution >= 4 is 34.7 Å². The van der Waals surface area contributed by atoms with Crippen molar-refractivity contribution in [2.75, 3.05) is 50.5 Å². The number of rotatable bonds is 4. The number of carbonyl (C=O) groups excluding carboxylic acids is 3. The van der Waals surface area contributed by atoms with Crippen LogP contribution in [0.1, 0.15) is 26.3 Å². The van der Waals surface area contributed by atoms with Gasteiger partial charge in [-0.2, -0.15) is 0 Å². The second-order valence-electron chi connectivity index (χ2n) is 7.66. The molecule has 0 spiro atoms. The maximum absolute atomic E-state index is 12.5. The predicted molar refractivity (Wildman–Crippen MR) is 120 cm³/mol. The van der Waals surface area contributed by atoms with E-state index in [1.807, 2.05) is 24.3 Å². The molecule has 8 nitrogen and oxygen atoms in total. The first-order chi connectivity index (χ1) is 15.0. The number of amides is 3. The minimum absolute atomic E-state index is 0.284. The van der Waals surface area contributed by atoms with Gasteiger partial charge < -0.3 is 20.4 Å². The van der Waals surface area contributed by atoms with E-state index in [2.05, 4.69) is 32.8 Å². The van der Waals surface area contributed by atoms with Crippen molar-refractivity contribution in [3.8, 4) is 0 Å². The zero-order chi connectivity index (χ0) is 22.0. The fourth-order valence-corrected chi connectivity index (χ4v) is 3.74. The smallest absolute Gasteiger partial charge is 0.260 e. The standard InChI is InChI=1S/C23H25N5O3/c1-24-21(29)15-3-8-18-19(13-15)20(23(31)26-22(18)30)14-25-16-4-6-17(7-5-16)28-11-9-27(2)10-12-28/h3-8,13-14,25H,9-12H2,1-2H3,(H,24,29)(H,26,30,31)/b20-14-. The first-order valence-electron chi connectivity index (χ1n) is 10.2. The van der Waals surface area contributed by atoms with E-state index in [1.165, 1.54) is 7.05 Å². The average molecular weight is 419 g/mol.